The van der Waals surface area contributed by atoms with Crippen LogP contribution in [0.15, 0.2) is 53.3 Å². The van der Waals surface area contributed by atoms with Crippen LogP contribution in [0, 0.1) is 0 Å². The van der Waals surface area contributed by atoms with Crippen LogP contribution in [0.25, 0.3) is 0 Å². The van der Waals surface area contributed by atoms with Crippen molar-refractivity contribution >= 4 is 0 Å². The van der Waals surface area contributed by atoms with E-state index < -0.39 is 6.10 Å². The van der Waals surface area contributed by atoms with Gasteiger partial charge < -0.3 is 10.2 Å². The van der Waals surface area contributed by atoms with Crippen LogP contribution < -0.4 is 0 Å². The van der Waals surface area contributed by atoms with Crippen LogP contribution in [0.5, 0.6) is 0 Å². The molecule has 1 atom stereocenters. The summed E-state index contributed by atoms with van der Waals surface area (Å²) in [5.41, 5.74) is 3.49. The highest BCUT2D eigenvalue weighted by molar-refractivity contribution is 5.35. The van der Waals surface area contributed by atoms with E-state index in [9.17, 15) is 10.2 Å². The van der Waals surface area contributed by atoms with Gasteiger partial charge in [0.25, 0.3) is 0 Å². The molecule has 1 aliphatic carbocycles. The molecule has 2 rings (SSSR count). The van der Waals surface area contributed by atoms with E-state index in [2.05, 4.69) is 12.1 Å². The summed E-state index contributed by atoms with van der Waals surface area (Å²) < 4.78 is 0. The smallest absolute Gasteiger partial charge is 0.121 e. The minimum atomic E-state index is -0.734. The Morgan fingerprint density at radius 3 is 2.62 bits per heavy atom. The van der Waals surface area contributed by atoms with E-state index in [1.807, 2.05) is 25.1 Å². The average Bonchev–Trinajstić information content (AvgIpc) is 2.27. The monoisotopic (exact) mass is 216 g/mol. The van der Waals surface area contributed by atoms with E-state index >= 15 is 0 Å². The second-order valence-corrected chi connectivity index (χ2v) is 4.24. The van der Waals surface area contributed by atoms with Crippen LogP contribution in [0.4, 0.5) is 0 Å². The van der Waals surface area contributed by atoms with E-state index in [1.54, 1.807) is 6.08 Å². The summed E-state index contributed by atoms with van der Waals surface area (Å²) in [7, 11) is 0. The molecule has 0 saturated heterocycles. The van der Waals surface area contributed by atoms with Gasteiger partial charge in [0.15, 0.2) is 0 Å². The largest absolute Gasteiger partial charge is 0.510 e. The predicted molar refractivity (Wildman–Crippen MR) is 64.2 cm³/mol. The Morgan fingerprint density at radius 2 is 1.94 bits per heavy atom. The van der Waals surface area contributed by atoms with Crippen LogP contribution in [0.1, 0.15) is 18.9 Å². The number of hydrogen-bond donors (Lipinski definition) is 2. The van der Waals surface area contributed by atoms with Crippen LogP contribution >= 0.6 is 0 Å². The Kier molecular flexibility index (Phi) is 3.11. The molecule has 0 spiro atoms. The quantitative estimate of drug-likeness (QED) is 0.798. The lowest BCUT2D eigenvalue weighted by molar-refractivity contribution is 0.149. The van der Waals surface area contributed by atoms with Gasteiger partial charge >= 0.3 is 0 Å². The molecule has 16 heavy (non-hydrogen) atoms. The van der Waals surface area contributed by atoms with E-state index in [4.69, 9.17) is 0 Å². The van der Waals surface area contributed by atoms with Crippen molar-refractivity contribution in [1.29, 1.82) is 0 Å². The second kappa shape index (κ2) is 4.54. The molecule has 0 aromatic heterocycles. The van der Waals surface area contributed by atoms with Crippen LogP contribution in [-0.4, -0.2) is 16.3 Å². The summed E-state index contributed by atoms with van der Waals surface area (Å²) in [6.45, 7) is 1.97. The van der Waals surface area contributed by atoms with Gasteiger partial charge in [-0.3, -0.25) is 0 Å². The molecule has 2 N–H and O–H groups in total. The van der Waals surface area contributed by atoms with Gasteiger partial charge in [0.1, 0.15) is 11.9 Å². The molecule has 0 saturated carbocycles. The maximum atomic E-state index is 9.59. The van der Waals surface area contributed by atoms with Gasteiger partial charge in [-0.2, -0.15) is 0 Å². The molecule has 0 fully saturated rings. The first-order valence-electron chi connectivity index (χ1n) is 5.48. The van der Waals surface area contributed by atoms with Crippen molar-refractivity contribution < 1.29 is 10.2 Å². The maximum Gasteiger partial charge on any atom is 0.121 e. The molecule has 0 bridgehead atoms. The number of hydrogen-bond acceptors (Lipinski definition) is 2. The Bertz CT molecular complexity index is 429. The topological polar surface area (TPSA) is 40.5 Å². The lowest BCUT2D eigenvalue weighted by Gasteiger charge is -2.20. The number of aliphatic hydroxyl groups is 2. The Labute approximate surface area is 95.6 Å². The molecule has 1 aliphatic rings. The van der Waals surface area contributed by atoms with Crippen molar-refractivity contribution in [2.24, 2.45) is 0 Å². The Hall–Kier alpha value is -1.54. The van der Waals surface area contributed by atoms with E-state index in [0.717, 1.165) is 12.0 Å². The third-order valence-corrected chi connectivity index (χ3v) is 2.96. The van der Waals surface area contributed by atoms with E-state index in [1.165, 1.54) is 11.1 Å². The molecule has 0 aliphatic heterocycles. The lowest BCUT2D eigenvalue weighted by atomic mass is 9.91. The van der Waals surface area contributed by atoms with Crippen molar-refractivity contribution in [1.82, 2.24) is 0 Å². The highest BCUT2D eigenvalue weighted by Crippen LogP contribution is 2.25. The summed E-state index contributed by atoms with van der Waals surface area (Å²) in [5, 5.41) is 19.0. The second-order valence-electron chi connectivity index (χ2n) is 4.24. The SMILES string of the molecule is CC1=C(Cc2ccccc2)CC(O)C(O)=C1. The molecule has 1 aromatic carbocycles. The third kappa shape index (κ3) is 2.34. The predicted octanol–water partition coefficient (Wildman–Crippen LogP) is 2.75. The number of rotatable bonds is 2. The van der Waals surface area contributed by atoms with Gasteiger partial charge in [-0.05, 0) is 30.6 Å². The Balaban J connectivity index is 2.19. The van der Waals surface area contributed by atoms with Crippen molar-refractivity contribution in [2.45, 2.75) is 25.9 Å². The fourth-order valence-electron chi connectivity index (χ4n) is 1.97. The minimum Gasteiger partial charge on any atom is -0.510 e. The van der Waals surface area contributed by atoms with Gasteiger partial charge in [0.05, 0.1) is 0 Å². The lowest BCUT2D eigenvalue weighted by Crippen LogP contribution is -2.16. The first kappa shape index (κ1) is 11.0. The Morgan fingerprint density at radius 1 is 1.25 bits per heavy atom. The molecule has 0 heterocycles. The zero-order valence-electron chi connectivity index (χ0n) is 9.35. The fraction of sp³-hybridized carbons (Fsp3) is 0.286. The molecule has 0 radical (unpaired) electrons. The highest BCUT2D eigenvalue weighted by atomic mass is 16.3. The van der Waals surface area contributed by atoms with Gasteiger partial charge in [-0.25, -0.2) is 0 Å². The van der Waals surface area contributed by atoms with E-state index in [0.29, 0.717) is 6.42 Å². The van der Waals surface area contributed by atoms with Gasteiger partial charge in [-0.15, -0.1) is 0 Å². The third-order valence-electron chi connectivity index (χ3n) is 2.96. The zero-order chi connectivity index (χ0) is 11.5. The summed E-state index contributed by atoms with van der Waals surface area (Å²) in [5.74, 6) is 0.0781. The fourth-order valence-corrected chi connectivity index (χ4v) is 1.97. The molecule has 2 heteroatoms. The maximum absolute atomic E-state index is 9.59. The first-order chi connectivity index (χ1) is 7.66. The summed E-state index contributed by atoms with van der Waals surface area (Å²) in [6.07, 6.45) is 2.30. The first-order valence-corrected chi connectivity index (χ1v) is 5.48. The van der Waals surface area contributed by atoms with Crippen molar-refractivity contribution in [3.8, 4) is 0 Å². The average molecular weight is 216 g/mol. The van der Waals surface area contributed by atoms with Gasteiger partial charge in [0, 0.05) is 6.42 Å². The zero-order valence-corrected chi connectivity index (χ0v) is 9.35. The van der Waals surface area contributed by atoms with Crippen molar-refractivity contribution in [3.05, 3.63) is 58.9 Å². The normalized spacial score (nSPS) is 20.9. The molecular formula is C14H16O2. The summed E-state index contributed by atoms with van der Waals surface area (Å²) in [4.78, 5) is 0. The van der Waals surface area contributed by atoms with Crippen LogP contribution in [0.3, 0.4) is 0 Å². The van der Waals surface area contributed by atoms with Gasteiger partial charge in [0.2, 0.25) is 0 Å². The summed E-state index contributed by atoms with van der Waals surface area (Å²) >= 11 is 0. The standard InChI is InChI=1S/C14H16O2/c1-10-7-13(15)14(16)9-12(10)8-11-5-3-2-4-6-11/h2-7,14-16H,8-9H2,1H3. The number of benzene rings is 1. The van der Waals surface area contributed by atoms with Gasteiger partial charge in [-0.1, -0.05) is 35.9 Å². The minimum absolute atomic E-state index is 0.0781. The summed E-state index contributed by atoms with van der Waals surface area (Å²) in [6, 6.07) is 10.2. The molecule has 2 nitrogen and oxygen atoms in total. The molecule has 84 valence electrons. The van der Waals surface area contributed by atoms with Crippen LogP contribution in [0.2, 0.25) is 0 Å². The number of aliphatic hydroxyl groups excluding tert-OH is 2. The van der Waals surface area contributed by atoms with Crippen molar-refractivity contribution in [2.75, 3.05) is 0 Å². The molecule has 0 amide bonds. The highest BCUT2D eigenvalue weighted by Gasteiger charge is 2.18. The van der Waals surface area contributed by atoms with Crippen LogP contribution in [-0.2, 0) is 6.42 Å². The molecule has 1 aromatic rings. The van der Waals surface area contributed by atoms with E-state index in [-0.39, 0.29) is 5.76 Å². The molecular weight excluding hydrogens is 200 g/mol. The number of allylic oxidation sites excluding steroid dienone is 2. The van der Waals surface area contributed by atoms with Crippen molar-refractivity contribution in [3.63, 3.8) is 0 Å². The molecule has 1 unspecified atom stereocenters.